The van der Waals surface area contributed by atoms with E-state index in [0.717, 1.165) is 16.7 Å². The fourth-order valence-electron chi connectivity index (χ4n) is 2.87. The normalized spacial score (nSPS) is 48.5. The van der Waals surface area contributed by atoms with Crippen LogP contribution in [0.1, 0.15) is 25.7 Å². The van der Waals surface area contributed by atoms with Gasteiger partial charge in [0.2, 0.25) is 0 Å². The Labute approximate surface area is 83.6 Å². The zero-order chi connectivity index (χ0) is 8.55. The van der Waals surface area contributed by atoms with Gasteiger partial charge in [0.25, 0.3) is 0 Å². The largest absolute Gasteiger partial charge is 0.337 e. The number of fused-ring (bicyclic) bond motifs is 1. The molecule has 1 unspecified atom stereocenters. The lowest BCUT2D eigenvalue weighted by molar-refractivity contribution is -0.890. The van der Waals surface area contributed by atoms with Gasteiger partial charge in [0.05, 0.1) is 20.1 Å². The first-order valence-corrected chi connectivity index (χ1v) is 6.12. The molecule has 0 aromatic carbocycles. The molecule has 0 radical (unpaired) electrons. The SMILES string of the molecule is C[NH+]1CC[C@H]2C[C@@H](Br)CC[C@@H]2C1. The lowest BCUT2D eigenvalue weighted by Gasteiger charge is -2.39. The van der Waals surface area contributed by atoms with E-state index in [9.17, 15) is 0 Å². The maximum Gasteiger partial charge on any atom is 0.0800 e. The van der Waals surface area contributed by atoms with Crippen LogP contribution in [0.15, 0.2) is 0 Å². The van der Waals surface area contributed by atoms with Crippen LogP contribution < -0.4 is 4.90 Å². The van der Waals surface area contributed by atoms with E-state index in [1.54, 1.807) is 4.90 Å². The highest BCUT2D eigenvalue weighted by molar-refractivity contribution is 9.09. The van der Waals surface area contributed by atoms with Crippen LogP contribution in [0.5, 0.6) is 0 Å². The number of alkyl halides is 1. The summed E-state index contributed by atoms with van der Waals surface area (Å²) in [5, 5.41) is 0. The van der Waals surface area contributed by atoms with Gasteiger partial charge < -0.3 is 4.90 Å². The van der Waals surface area contributed by atoms with Gasteiger partial charge in [0, 0.05) is 10.7 Å². The Morgan fingerprint density at radius 2 is 2.00 bits per heavy atom. The Morgan fingerprint density at radius 1 is 1.17 bits per heavy atom. The lowest BCUT2D eigenvalue weighted by atomic mass is 9.75. The highest BCUT2D eigenvalue weighted by atomic mass is 79.9. The summed E-state index contributed by atoms with van der Waals surface area (Å²) in [6.07, 6.45) is 5.79. The molecule has 4 atom stereocenters. The molecular formula is C10H19BrN+. The van der Waals surface area contributed by atoms with Gasteiger partial charge in [-0.1, -0.05) is 15.9 Å². The molecule has 0 bridgehead atoms. The second-order valence-electron chi connectivity index (χ2n) is 4.63. The highest BCUT2D eigenvalue weighted by Crippen LogP contribution is 2.35. The minimum absolute atomic E-state index is 0.831. The molecule has 1 saturated heterocycles. The van der Waals surface area contributed by atoms with E-state index in [2.05, 4.69) is 23.0 Å². The molecule has 2 heteroatoms. The van der Waals surface area contributed by atoms with E-state index in [1.807, 2.05) is 0 Å². The molecule has 2 rings (SSSR count). The monoisotopic (exact) mass is 232 g/mol. The summed E-state index contributed by atoms with van der Waals surface area (Å²) in [6, 6.07) is 0. The third-order valence-electron chi connectivity index (χ3n) is 3.63. The first-order chi connectivity index (χ1) is 5.75. The Balaban J connectivity index is 1.94. The molecule has 1 N–H and O–H groups in total. The summed E-state index contributed by atoms with van der Waals surface area (Å²) in [5.74, 6) is 2.10. The van der Waals surface area contributed by atoms with Gasteiger partial charge in [0.15, 0.2) is 0 Å². The van der Waals surface area contributed by atoms with Crippen LogP contribution in [0.25, 0.3) is 0 Å². The van der Waals surface area contributed by atoms with Crippen LogP contribution in [-0.4, -0.2) is 25.0 Å². The topological polar surface area (TPSA) is 4.44 Å². The third kappa shape index (κ3) is 1.85. The van der Waals surface area contributed by atoms with Gasteiger partial charge in [-0.15, -0.1) is 0 Å². The van der Waals surface area contributed by atoms with E-state index >= 15 is 0 Å². The van der Waals surface area contributed by atoms with Gasteiger partial charge in [-0.05, 0) is 31.6 Å². The summed E-state index contributed by atoms with van der Waals surface area (Å²) in [6.45, 7) is 2.84. The molecule has 0 spiro atoms. The second-order valence-corrected chi connectivity index (χ2v) is 5.93. The smallest absolute Gasteiger partial charge is 0.0800 e. The van der Waals surface area contributed by atoms with Crippen molar-refractivity contribution in [3.63, 3.8) is 0 Å². The van der Waals surface area contributed by atoms with E-state index in [-0.39, 0.29) is 0 Å². The number of nitrogens with one attached hydrogen (secondary N) is 1. The molecule has 0 aromatic heterocycles. The number of hydrogen-bond acceptors (Lipinski definition) is 0. The van der Waals surface area contributed by atoms with E-state index in [1.165, 1.54) is 38.8 Å². The van der Waals surface area contributed by atoms with Crippen molar-refractivity contribution in [2.75, 3.05) is 20.1 Å². The Morgan fingerprint density at radius 3 is 2.83 bits per heavy atom. The average molecular weight is 233 g/mol. The minimum atomic E-state index is 0.831. The van der Waals surface area contributed by atoms with Gasteiger partial charge in [-0.3, -0.25) is 0 Å². The zero-order valence-corrected chi connectivity index (χ0v) is 9.44. The molecule has 0 aromatic rings. The standard InChI is InChI=1S/C10H18BrN/c1-12-5-4-8-6-10(11)3-2-9(8)7-12/h8-10H,2-7H2,1H3/p+1/t8-,9+,10-/m0/s1. The van der Waals surface area contributed by atoms with Crippen molar-refractivity contribution >= 4 is 15.9 Å². The molecule has 2 aliphatic rings. The highest BCUT2D eigenvalue weighted by Gasteiger charge is 2.34. The number of piperidine rings is 1. The Kier molecular flexibility index (Phi) is 2.75. The maximum absolute atomic E-state index is 3.76. The van der Waals surface area contributed by atoms with Crippen molar-refractivity contribution in [3.05, 3.63) is 0 Å². The van der Waals surface area contributed by atoms with E-state index in [4.69, 9.17) is 0 Å². The molecule has 12 heavy (non-hydrogen) atoms. The summed E-state index contributed by atoms with van der Waals surface area (Å²) in [4.78, 5) is 2.58. The molecule has 0 amide bonds. The number of halogens is 1. The number of hydrogen-bond donors (Lipinski definition) is 1. The van der Waals surface area contributed by atoms with Crippen molar-refractivity contribution < 1.29 is 4.90 Å². The Bertz CT molecular complexity index is 142. The Hall–Kier alpha value is 0.440. The van der Waals surface area contributed by atoms with Crippen LogP contribution in [0.3, 0.4) is 0 Å². The van der Waals surface area contributed by atoms with Gasteiger partial charge in [-0.2, -0.15) is 0 Å². The predicted molar refractivity (Wildman–Crippen MR) is 54.8 cm³/mol. The van der Waals surface area contributed by atoms with Gasteiger partial charge >= 0.3 is 0 Å². The van der Waals surface area contributed by atoms with Gasteiger partial charge in [0.1, 0.15) is 0 Å². The average Bonchev–Trinajstić information content (AvgIpc) is 2.05. The van der Waals surface area contributed by atoms with Crippen LogP contribution >= 0.6 is 15.9 Å². The van der Waals surface area contributed by atoms with Crippen LogP contribution in [0.2, 0.25) is 0 Å². The maximum atomic E-state index is 3.76. The van der Waals surface area contributed by atoms with Crippen molar-refractivity contribution in [1.29, 1.82) is 0 Å². The lowest BCUT2D eigenvalue weighted by Crippen LogP contribution is -3.11. The number of rotatable bonds is 0. The molecule has 1 nitrogen and oxygen atoms in total. The number of likely N-dealkylation sites (tertiary alicyclic amines) is 1. The molecule has 1 saturated carbocycles. The van der Waals surface area contributed by atoms with Crippen LogP contribution in [0, 0.1) is 11.8 Å². The molecule has 1 heterocycles. The summed E-state index contributed by atoms with van der Waals surface area (Å²) in [7, 11) is 2.34. The summed E-state index contributed by atoms with van der Waals surface area (Å²) < 4.78 is 0. The molecule has 2 fully saturated rings. The first-order valence-electron chi connectivity index (χ1n) is 5.21. The molecule has 70 valence electrons. The van der Waals surface area contributed by atoms with Crippen molar-refractivity contribution in [3.8, 4) is 0 Å². The third-order valence-corrected chi connectivity index (χ3v) is 4.46. The molecular weight excluding hydrogens is 214 g/mol. The van der Waals surface area contributed by atoms with E-state index < -0.39 is 0 Å². The van der Waals surface area contributed by atoms with Crippen LogP contribution in [-0.2, 0) is 0 Å². The summed E-state index contributed by atoms with van der Waals surface area (Å²) >= 11 is 3.76. The predicted octanol–water partition coefficient (Wildman–Crippen LogP) is 1.08. The van der Waals surface area contributed by atoms with Crippen LogP contribution in [0.4, 0.5) is 0 Å². The van der Waals surface area contributed by atoms with E-state index in [0.29, 0.717) is 0 Å². The molecule has 1 aliphatic carbocycles. The van der Waals surface area contributed by atoms with Gasteiger partial charge in [-0.25, -0.2) is 0 Å². The van der Waals surface area contributed by atoms with Crippen molar-refractivity contribution in [2.24, 2.45) is 11.8 Å². The van der Waals surface area contributed by atoms with Crippen molar-refractivity contribution in [1.82, 2.24) is 0 Å². The fraction of sp³-hybridized carbons (Fsp3) is 1.00. The quantitative estimate of drug-likeness (QED) is 0.597. The minimum Gasteiger partial charge on any atom is -0.337 e. The van der Waals surface area contributed by atoms with Crippen molar-refractivity contribution in [2.45, 2.75) is 30.5 Å². The zero-order valence-electron chi connectivity index (χ0n) is 7.85. The number of quaternary nitrogens is 1. The second kappa shape index (κ2) is 3.67. The fourth-order valence-corrected chi connectivity index (χ4v) is 3.62. The first kappa shape index (κ1) is 9.01. The summed E-state index contributed by atoms with van der Waals surface area (Å²) in [5.41, 5.74) is 0. The molecule has 1 aliphatic heterocycles.